The Hall–Kier alpha value is -0.990. The van der Waals surface area contributed by atoms with Gasteiger partial charge in [-0.25, -0.2) is 4.79 Å². The van der Waals surface area contributed by atoms with Crippen molar-refractivity contribution in [2.75, 3.05) is 13.2 Å². The van der Waals surface area contributed by atoms with Crippen molar-refractivity contribution in [1.29, 1.82) is 0 Å². The second kappa shape index (κ2) is 9.10. The monoisotopic (exact) mass is 186 g/mol. The molecule has 0 rings (SSSR count). The Kier molecular flexibility index (Phi) is 8.41. The topological polar surface area (TPSA) is 35.5 Å². The molecule has 0 N–H and O–H groups in total. The van der Waals surface area contributed by atoms with Gasteiger partial charge in [0.1, 0.15) is 0 Å². The Morgan fingerprint density at radius 2 is 1.85 bits per heavy atom. The van der Waals surface area contributed by atoms with E-state index in [0.717, 1.165) is 19.3 Å². The van der Waals surface area contributed by atoms with E-state index in [1.54, 1.807) is 0 Å². The number of hydrogen-bond acceptors (Lipinski definition) is 3. The maximum atomic E-state index is 10.8. The Morgan fingerprint density at radius 3 is 2.46 bits per heavy atom. The number of rotatable bonds is 6. The van der Waals surface area contributed by atoms with Crippen molar-refractivity contribution in [2.24, 2.45) is 0 Å². The molecule has 0 aliphatic rings. The Morgan fingerprint density at radius 1 is 1.15 bits per heavy atom. The smallest absolute Gasteiger partial charge is 0.434 e. The van der Waals surface area contributed by atoms with E-state index in [2.05, 4.69) is 6.92 Å². The molecule has 13 heavy (non-hydrogen) atoms. The maximum absolute atomic E-state index is 10.8. The molecular formula is C10H18O3. The van der Waals surface area contributed by atoms with Gasteiger partial charge < -0.3 is 9.47 Å². The Balaban J connectivity index is 3.21. The summed E-state index contributed by atoms with van der Waals surface area (Å²) >= 11 is 0. The molecule has 0 bridgehead atoms. The summed E-state index contributed by atoms with van der Waals surface area (Å²) in [7, 11) is 0. The van der Waals surface area contributed by atoms with Crippen molar-refractivity contribution in [3.8, 4) is 0 Å². The van der Waals surface area contributed by atoms with E-state index in [-0.39, 0.29) is 0 Å². The van der Waals surface area contributed by atoms with Gasteiger partial charge in [0.2, 0.25) is 0 Å². The van der Waals surface area contributed by atoms with E-state index in [1.807, 2.05) is 19.1 Å². The van der Waals surface area contributed by atoms with Gasteiger partial charge in [-0.15, -0.1) is 0 Å². The number of ether oxygens (including phenoxy) is 2. The molecule has 0 saturated carbocycles. The molecular weight excluding hydrogens is 168 g/mol. The van der Waals surface area contributed by atoms with Crippen molar-refractivity contribution in [1.82, 2.24) is 0 Å². The molecule has 0 amide bonds. The quantitative estimate of drug-likeness (QED) is 0.363. The van der Waals surface area contributed by atoms with Crippen LogP contribution in [0.5, 0.6) is 0 Å². The van der Waals surface area contributed by atoms with E-state index >= 15 is 0 Å². The number of carbonyl (C=O) groups is 1. The van der Waals surface area contributed by atoms with E-state index in [1.165, 1.54) is 0 Å². The van der Waals surface area contributed by atoms with Crippen molar-refractivity contribution < 1.29 is 14.3 Å². The van der Waals surface area contributed by atoms with Gasteiger partial charge in [-0.2, -0.15) is 0 Å². The first-order chi connectivity index (χ1) is 6.31. The number of allylic oxidation sites excluding steroid dienone is 1. The molecule has 0 aliphatic carbocycles. The van der Waals surface area contributed by atoms with Gasteiger partial charge in [0.25, 0.3) is 0 Å². The molecule has 0 saturated heterocycles. The minimum Gasteiger partial charge on any atom is -0.434 e. The van der Waals surface area contributed by atoms with E-state index in [4.69, 9.17) is 9.47 Å². The number of hydrogen-bond donors (Lipinski definition) is 0. The predicted octanol–water partition coefficient (Wildman–Crippen LogP) is 2.91. The summed E-state index contributed by atoms with van der Waals surface area (Å²) in [5.74, 6) is 0. The molecule has 76 valence electrons. The van der Waals surface area contributed by atoms with E-state index in [0.29, 0.717) is 13.2 Å². The van der Waals surface area contributed by atoms with Gasteiger partial charge in [-0.3, -0.25) is 0 Å². The summed E-state index contributed by atoms with van der Waals surface area (Å²) in [6.07, 6.45) is 6.07. The van der Waals surface area contributed by atoms with Gasteiger partial charge in [-0.05, 0) is 19.3 Å². The van der Waals surface area contributed by atoms with E-state index in [9.17, 15) is 4.79 Å². The molecule has 0 aromatic rings. The fraction of sp³-hybridized carbons (Fsp3) is 0.700. The van der Waals surface area contributed by atoms with Crippen molar-refractivity contribution in [2.45, 2.75) is 33.1 Å². The zero-order valence-electron chi connectivity index (χ0n) is 8.41. The average molecular weight is 186 g/mol. The highest BCUT2D eigenvalue weighted by molar-refractivity contribution is 5.59. The van der Waals surface area contributed by atoms with Crippen LogP contribution in [0.15, 0.2) is 12.2 Å². The average Bonchev–Trinajstić information content (AvgIpc) is 2.14. The zero-order chi connectivity index (χ0) is 9.94. The largest absolute Gasteiger partial charge is 0.508 e. The molecule has 0 atom stereocenters. The molecule has 3 nitrogen and oxygen atoms in total. The molecule has 0 heterocycles. The zero-order valence-corrected chi connectivity index (χ0v) is 8.41. The molecule has 0 radical (unpaired) electrons. The fourth-order valence-corrected chi connectivity index (χ4v) is 0.722. The summed E-state index contributed by atoms with van der Waals surface area (Å²) in [6.45, 7) is 4.84. The van der Waals surface area contributed by atoms with Crippen molar-refractivity contribution in [3.63, 3.8) is 0 Å². The first-order valence-corrected chi connectivity index (χ1v) is 4.75. The summed E-state index contributed by atoms with van der Waals surface area (Å²) in [4.78, 5) is 10.8. The predicted molar refractivity (Wildman–Crippen MR) is 51.6 cm³/mol. The SMILES string of the molecule is CCC=CCCOC(=O)OCCC. The second-order valence-electron chi connectivity index (χ2n) is 2.62. The summed E-state index contributed by atoms with van der Waals surface area (Å²) in [6, 6.07) is 0. The molecule has 0 aromatic heterocycles. The molecule has 3 heteroatoms. The number of carbonyl (C=O) groups excluding carboxylic acids is 1. The first kappa shape index (κ1) is 12.0. The summed E-state index contributed by atoms with van der Waals surface area (Å²) in [5, 5.41) is 0. The van der Waals surface area contributed by atoms with Crippen LogP contribution in [0.25, 0.3) is 0 Å². The summed E-state index contributed by atoms with van der Waals surface area (Å²) in [5.41, 5.74) is 0. The normalized spacial score (nSPS) is 10.3. The minimum atomic E-state index is -0.563. The molecule has 0 spiro atoms. The van der Waals surface area contributed by atoms with Crippen molar-refractivity contribution >= 4 is 6.16 Å². The van der Waals surface area contributed by atoms with Crippen LogP contribution in [0.3, 0.4) is 0 Å². The summed E-state index contributed by atoms with van der Waals surface area (Å²) < 4.78 is 9.49. The lowest BCUT2D eigenvalue weighted by Crippen LogP contribution is -2.08. The Bertz CT molecular complexity index is 152. The second-order valence-corrected chi connectivity index (χ2v) is 2.62. The standard InChI is InChI=1S/C10H18O3/c1-3-5-6-7-9-13-10(11)12-8-4-2/h5-6H,3-4,7-9H2,1-2H3. The van der Waals surface area contributed by atoms with Gasteiger partial charge in [0.05, 0.1) is 13.2 Å². The van der Waals surface area contributed by atoms with Crippen LogP contribution in [0.1, 0.15) is 33.1 Å². The molecule has 0 fully saturated rings. The maximum Gasteiger partial charge on any atom is 0.508 e. The van der Waals surface area contributed by atoms with Crippen LogP contribution < -0.4 is 0 Å². The van der Waals surface area contributed by atoms with Crippen LogP contribution in [0, 0.1) is 0 Å². The molecule has 0 aromatic carbocycles. The van der Waals surface area contributed by atoms with Crippen LogP contribution in [0.4, 0.5) is 4.79 Å². The van der Waals surface area contributed by atoms with Gasteiger partial charge in [0.15, 0.2) is 0 Å². The van der Waals surface area contributed by atoms with Gasteiger partial charge >= 0.3 is 6.16 Å². The third kappa shape index (κ3) is 8.92. The van der Waals surface area contributed by atoms with Gasteiger partial charge in [0, 0.05) is 0 Å². The lowest BCUT2D eigenvalue weighted by Gasteiger charge is -2.02. The highest BCUT2D eigenvalue weighted by atomic mass is 16.7. The minimum absolute atomic E-state index is 0.402. The van der Waals surface area contributed by atoms with Crippen LogP contribution in [-0.2, 0) is 9.47 Å². The third-order valence-corrected chi connectivity index (χ3v) is 1.33. The van der Waals surface area contributed by atoms with Crippen molar-refractivity contribution in [3.05, 3.63) is 12.2 Å². The van der Waals surface area contributed by atoms with Crippen LogP contribution in [0.2, 0.25) is 0 Å². The third-order valence-electron chi connectivity index (χ3n) is 1.33. The lowest BCUT2D eigenvalue weighted by atomic mass is 10.3. The van der Waals surface area contributed by atoms with Crippen LogP contribution >= 0.6 is 0 Å². The fourth-order valence-electron chi connectivity index (χ4n) is 0.722. The lowest BCUT2D eigenvalue weighted by molar-refractivity contribution is 0.0566. The molecule has 0 unspecified atom stereocenters. The Labute approximate surface area is 79.7 Å². The van der Waals surface area contributed by atoms with E-state index < -0.39 is 6.16 Å². The highest BCUT2D eigenvalue weighted by Gasteiger charge is 1.99. The van der Waals surface area contributed by atoms with Gasteiger partial charge in [-0.1, -0.05) is 26.0 Å². The van der Waals surface area contributed by atoms with Crippen LogP contribution in [-0.4, -0.2) is 19.4 Å². The molecule has 0 aliphatic heterocycles. The first-order valence-electron chi connectivity index (χ1n) is 4.75. The highest BCUT2D eigenvalue weighted by Crippen LogP contribution is 1.91.